The van der Waals surface area contributed by atoms with Gasteiger partial charge in [-0.25, -0.2) is 0 Å². The normalized spacial score (nSPS) is 11.9. The van der Waals surface area contributed by atoms with Crippen molar-refractivity contribution < 1.29 is 20.8 Å². The second kappa shape index (κ2) is 11.9. The van der Waals surface area contributed by atoms with Crippen LogP contribution in [0.15, 0.2) is 38.8 Å². The van der Waals surface area contributed by atoms with Crippen LogP contribution >= 0.6 is 24.8 Å². The minimum atomic E-state index is -1.72. The van der Waals surface area contributed by atoms with Gasteiger partial charge in [-0.05, 0) is 0 Å². The maximum Gasteiger partial charge on any atom is -0.147 e. The van der Waals surface area contributed by atoms with Gasteiger partial charge in [0.05, 0.1) is 0 Å². The topological polar surface area (TPSA) is 9.23 Å². The molecule has 0 aliphatic rings. The van der Waals surface area contributed by atoms with Gasteiger partial charge in [0, 0.05) is 0 Å². The van der Waals surface area contributed by atoms with Gasteiger partial charge in [-0.3, -0.25) is 0 Å². The van der Waals surface area contributed by atoms with E-state index in [0.29, 0.717) is 0 Å². The first-order chi connectivity index (χ1) is 11.3. The molecule has 0 saturated heterocycles. The third-order valence-electron chi connectivity index (χ3n) is 4.91. The predicted octanol–water partition coefficient (Wildman–Crippen LogP) is 7.68. The summed E-state index contributed by atoms with van der Waals surface area (Å²) in [5.41, 5.74) is 7.11. The van der Waals surface area contributed by atoms with Crippen LogP contribution in [-0.4, -0.2) is 6.66 Å². The Morgan fingerprint density at radius 1 is 0.889 bits per heavy atom. The van der Waals surface area contributed by atoms with Crippen LogP contribution in [0.3, 0.4) is 0 Å². The molecule has 0 bridgehead atoms. The van der Waals surface area contributed by atoms with Crippen LogP contribution in [0.5, 0.6) is 5.75 Å². The second-order valence-electron chi connectivity index (χ2n) is 8.78. The van der Waals surface area contributed by atoms with Crippen LogP contribution in [0, 0.1) is 6.92 Å². The van der Waals surface area contributed by atoms with Crippen molar-refractivity contribution in [3.63, 3.8) is 0 Å². The summed E-state index contributed by atoms with van der Waals surface area (Å²) >= 11 is -1.72. The molecule has 27 heavy (non-hydrogen) atoms. The quantitative estimate of drug-likeness (QED) is 0.319. The third kappa shape index (κ3) is 8.50. The molecule has 0 fully saturated rings. The minimum Gasteiger partial charge on any atom is -0.147 e. The zero-order chi connectivity index (χ0) is 19.5. The van der Waals surface area contributed by atoms with E-state index in [1.807, 2.05) is 0 Å². The van der Waals surface area contributed by atoms with Crippen LogP contribution in [-0.2, 0) is 22.9 Å². The summed E-state index contributed by atoms with van der Waals surface area (Å²) in [5.74, 6) is 1.09. The van der Waals surface area contributed by atoms with Crippen LogP contribution in [0.4, 0.5) is 0 Å². The molecule has 0 amide bonds. The van der Waals surface area contributed by atoms with Crippen molar-refractivity contribution in [1.29, 1.82) is 0 Å². The van der Waals surface area contributed by atoms with Crippen molar-refractivity contribution in [2.75, 3.05) is 0 Å². The molecular formula is C22H39Cl2OSiTi. The molecule has 1 nitrogen and oxygen atoms in total. The van der Waals surface area contributed by atoms with Crippen molar-refractivity contribution in [3.8, 4) is 5.75 Å². The fourth-order valence-corrected chi connectivity index (χ4v) is 12.2. The Labute approximate surface area is 188 Å². The molecule has 0 saturated carbocycles. The van der Waals surface area contributed by atoms with E-state index in [2.05, 4.69) is 93.6 Å². The van der Waals surface area contributed by atoms with Gasteiger partial charge in [0.1, 0.15) is 0 Å². The fourth-order valence-electron chi connectivity index (χ4n) is 2.84. The Morgan fingerprint density at radius 2 is 1.41 bits per heavy atom. The number of allylic oxidation sites excluding steroid dienone is 4. The number of hydrogen-bond donors (Lipinski definition) is 0. The Hall–Kier alpha value is 0.0112. The van der Waals surface area contributed by atoms with Gasteiger partial charge in [0.15, 0.2) is 0 Å². The zero-order valence-corrected chi connectivity index (χ0v) is 23.4. The summed E-state index contributed by atoms with van der Waals surface area (Å²) in [6.45, 7) is 24.3. The first-order valence-electron chi connectivity index (χ1n) is 9.33. The van der Waals surface area contributed by atoms with Crippen molar-refractivity contribution in [2.45, 2.75) is 80.8 Å². The first-order valence-corrected chi connectivity index (χ1v) is 16.3. The van der Waals surface area contributed by atoms with E-state index < -0.39 is 24.2 Å². The SMILES string of the molecule is CC(C)=C(C)C(C)=[C](C)[Ti]([O]c1cc(C)cc(C(C)(C)C)c1)[SiH](C)C.Cl.Cl. The average Bonchev–Trinajstić information content (AvgIpc) is 2.48. The molecule has 1 rings (SSSR count). The first kappa shape index (κ1) is 29.2. The van der Waals surface area contributed by atoms with Gasteiger partial charge < -0.3 is 0 Å². The smallest absolute Gasteiger partial charge is 0.147 e. The van der Waals surface area contributed by atoms with Gasteiger partial charge in [-0.1, -0.05) is 0 Å². The van der Waals surface area contributed by atoms with Crippen molar-refractivity contribution >= 4 is 31.5 Å². The molecule has 0 unspecified atom stereocenters. The molecule has 1 aromatic rings. The molecule has 0 atom stereocenters. The molecule has 0 aliphatic heterocycles. The molecule has 1 aromatic carbocycles. The van der Waals surface area contributed by atoms with E-state index in [0.717, 1.165) is 5.75 Å². The van der Waals surface area contributed by atoms with E-state index in [1.54, 1.807) is 3.88 Å². The van der Waals surface area contributed by atoms with Gasteiger partial charge in [0.2, 0.25) is 0 Å². The van der Waals surface area contributed by atoms with Gasteiger partial charge >= 0.3 is 164 Å². The van der Waals surface area contributed by atoms with Gasteiger partial charge in [-0.15, -0.1) is 24.8 Å². The zero-order valence-electron chi connectivity index (χ0n) is 19.0. The number of aryl methyl sites for hydroxylation is 1. The Bertz CT molecular complexity index is 684. The summed E-state index contributed by atoms with van der Waals surface area (Å²) in [5, 5.41) is 0. The molecule has 155 valence electrons. The number of halogens is 2. The fraction of sp³-hybridized carbons (Fsp3) is 0.545. The van der Waals surface area contributed by atoms with Crippen LogP contribution in [0.2, 0.25) is 13.1 Å². The second-order valence-corrected chi connectivity index (χ2v) is 21.3. The largest absolute Gasteiger partial charge is 0.147 e. The summed E-state index contributed by atoms with van der Waals surface area (Å²) in [6.07, 6.45) is 0. The van der Waals surface area contributed by atoms with E-state index >= 15 is 0 Å². The van der Waals surface area contributed by atoms with E-state index in [9.17, 15) is 0 Å². The molecule has 0 aromatic heterocycles. The Morgan fingerprint density at radius 3 is 1.81 bits per heavy atom. The molecular weight excluding hydrogens is 427 g/mol. The molecule has 0 radical (unpaired) electrons. The molecule has 0 N–H and O–H groups in total. The van der Waals surface area contributed by atoms with Gasteiger partial charge in [-0.2, -0.15) is 0 Å². The van der Waals surface area contributed by atoms with E-state index in [-0.39, 0.29) is 30.2 Å². The minimum absolute atomic E-state index is 0. The maximum atomic E-state index is 6.75. The summed E-state index contributed by atoms with van der Waals surface area (Å²) in [7, 11) is 0. The van der Waals surface area contributed by atoms with Gasteiger partial charge in [0.25, 0.3) is 0 Å². The summed E-state index contributed by atoms with van der Waals surface area (Å²) in [4.78, 5) is 0. The molecule has 0 aliphatic carbocycles. The molecule has 0 heterocycles. The Balaban J connectivity index is 0. The summed E-state index contributed by atoms with van der Waals surface area (Å²) in [6, 6.07) is 6.78. The molecule has 5 heteroatoms. The predicted molar refractivity (Wildman–Crippen MR) is 126 cm³/mol. The van der Waals surface area contributed by atoms with Crippen molar-refractivity contribution in [1.82, 2.24) is 0 Å². The standard InChI is InChI=1S/C11H16O.C9H15.C2H7Si.2ClH.Ti/c1-8-5-9(11(2,3)4)7-10(12)6-8;1-6-8(4)9(5)7(2)3;1-3-2;;;/h5-7,12H,1-4H3;1-5H3;3H,1-2H3;2*1H;/q;;;;;+1/p-1. The van der Waals surface area contributed by atoms with E-state index in [1.165, 1.54) is 27.8 Å². The average molecular weight is 466 g/mol. The summed E-state index contributed by atoms with van der Waals surface area (Å²) < 4.78 is 8.31. The maximum absolute atomic E-state index is 6.75. The van der Waals surface area contributed by atoms with Crippen LogP contribution in [0.1, 0.15) is 66.5 Å². The number of rotatable bonds is 5. The van der Waals surface area contributed by atoms with E-state index in [4.69, 9.17) is 3.32 Å². The van der Waals surface area contributed by atoms with Crippen LogP contribution < -0.4 is 3.32 Å². The van der Waals surface area contributed by atoms with Crippen molar-refractivity contribution in [3.05, 3.63) is 49.9 Å². The third-order valence-corrected chi connectivity index (χ3v) is 15.6. The van der Waals surface area contributed by atoms with Crippen LogP contribution in [0.25, 0.3) is 0 Å². The number of benzene rings is 1. The number of hydrogen-bond acceptors (Lipinski definition) is 1. The Kier molecular flexibility index (Phi) is 12.9. The molecule has 0 spiro atoms. The van der Waals surface area contributed by atoms with Crippen molar-refractivity contribution in [2.24, 2.45) is 0 Å². The monoisotopic (exact) mass is 465 g/mol.